The van der Waals surface area contributed by atoms with Gasteiger partial charge in [0.15, 0.2) is 0 Å². The number of methoxy groups -OCH3 is 1. The summed E-state index contributed by atoms with van der Waals surface area (Å²) in [4.78, 5) is 14.3. The van der Waals surface area contributed by atoms with Crippen LogP contribution in [0.25, 0.3) is 0 Å². The van der Waals surface area contributed by atoms with Gasteiger partial charge in [0.25, 0.3) is 0 Å². The molecular weight excluding hydrogens is 247 g/mol. The maximum absolute atomic E-state index is 13.4. The number of piperazine rings is 1. The summed E-state index contributed by atoms with van der Waals surface area (Å²) in [5.41, 5.74) is -0.319. The van der Waals surface area contributed by atoms with Gasteiger partial charge in [0.05, 0.1) is 7.11 Å². The standard InChI is InChI=1S/C14H19FN2O2/c1-14(13(18)19-2,17-8-6-16-7-9-17)11-4-3-5-12(15)10-11/h3-5,10,16H,6-9H2,1-2H3. The number of rotatable bonds is 3. The van der Waals surface area contributed by atoms with Gasteiger partial charge in [-0.1, -0.05) is 12.1 Å². The lowest BCUT2D eigenvalue weighted by Crippen LogP contribution is -2.57. The lowest BCUT2D eigenvalue weighted by molar-refractivity contribution is -0.155. The SMILES string of the molecule is COC(=O)C(C)(c1cccc(F)c1)N1CCNCC1. The van der Waals surface area contributed by atoms with E-state index >= 15 is 0 Å². The van der Waals surface area contributed by atoms with E-state index in [1.165, 1.54) is 19.2 Å². The van der Waals surface area contributed by atoms with Crippen LogP contribution >= 0.6 is 0 Å². The molecule has 1 aliphatic heterocycles. The van der Waals surface area contributed by atoms with Crippen molar-refractivity contribution >= 4 is 5.97 Å². The fourth-order valence-corrected chi connectivity index (χ4v) is 2.53. The fourth-order valence-electron chi connectivity index (χ4n) is 2.53. The minimum absolute atomic E-state index is 0.345. The van der Waals surface area contributed by atoms with E-state index in [1.807, 2.05) is 4.90 Å². The van der Waals surface area contributed by atoms with E-state index in [-0.39, 0.29) is 11.8 Å². The predicted molar refractivity (Wildman–Crippen MR) is 70.2 cm³/mol. The summed E-state index contributed by atoms with van der Waals surface area (Å²) in [5.74, 6) is -0.706. The number of nitrogens with zero attached hydrogens (tertiary/aromatic N) is 1. The van der Waals surface area contributed by atoms with Crippen LogP contribution in [0.2, 0.25) is 0 Å². The first kappa shape index (κ1) is 14.0. The van der Waals surface area contributed by atoms with Crippen molar-refractivity contribution in [3.05, 3.63) is 35.6 Å². The number of carbonyl (C=O) groups is 1. The van der Waals surface area contributed by atoms with Crippen LogP contribution in [0.15, 0.2) is 24.3 Å². The van der Waals surface area contributed by atoms with E-state index < -0.39 is 5.54 Å². The summed E-state index contributed by atoms with van der Waals surface area (Å²) in [6, 6.07) is 6.16. The molecule has 1 aromatic carbocycles. The molecule has 1 fully saturated rings. The number of hydrogen-bond donors (Lipinski definition) is 1. The van der Waals surface area contributed by atoms with Crippen LogP contribution in [0.3, 0.4) is 0 Å². The highest BCUT2D eigenvalue weighted by molar-refractivity contribution is 5.82. The molecule has 0 bridgehead atoms. The molecule has 19 heavy (non-hydrogen) atoms. The van der Waals surface area contributed by atoms with Crippen LogP contribution in [0.5, 0.6) is 0 Å². The lowest BCUT2D eigenvalue weighted by Gasteiger charge is -2.41. The van der Waals surface area contributed by atoms with Gasteiger partial charge in [-0.05, 0) is 24.6 Å². The number of benzene rings is 1. The fraction of sp³-hybridized carbons (Fsp3) is 0.500. The Hall–Kier alpha value is -1.46. The van der Waals surface area contributed by atoms with E-state index in [0.29, 0.717) is 5.56 Å². The zero-order valence-electron chi connectivity index (χ0n) is 11.3. The molecule has 1 saturated heterocycles. The Bertz CT molecular complexity index is 461. The molecule has 0 radical (unpaired) electrons. The average molecular weight is 266 g/mol. The monoisotopic (exact) mass is 266 g/mol. The van der Waals surface area contributed by atoms with Crippen molar-refractivity contribution in [3.63, 3.8) is 0 Å². The zero-order chi connectivity index (χ0) is 13.9. The van der Waals surface area contributed by atoms with Crippen LogP contribution in [0.1, 0.15) is 12.5 Å². The van der Waals surface area contributed by atoms with Crippen molar-refractivity contribution in [1.82, 2.24) is 10.2 Å². The van der Waals surface area contributed by atoms with Crippen LogP contribution < -0.4 is 5.32 Å². The molecule has 0 spiro atoms. The molecule has 1 unspecified atom stereocenters. The Balaban J connectivity index is 2.41. The van der Waals surface area contributed by atoms with Crippen LogP contribution in [-0.4, -0.2) is 44.2 Å². The van der Waals surface area contributed by atoms with E-state index in [2.05, 4.69) is 5.32 Å². The molecule has 1 aliphatic rings. The minimum Gasteiger partial charge on any atom is -0.467 e. The van der Waals surface area contributed by atoms with Crippen molar-refractivity contribution in [2.45, 2.75) is 12.5 Å². The Kier molecular flexibility index (Phi) is 4.17. The summed E-state index contributed by atoms with van der Waals surface area (Å²) in [5, 5.41) is 3.24. The quantitative estimate of drug-likeness (QED) is 0.832. The van der Waals surface area contributed by atoms with Crippen molar-refractivity contribution in [1.29, 1.82) is 0 Å². The van der Waals surface area contributed by atoms with Crippen molar-refractivity contribution in [2.24, 2.45) is 0 Å². The van der Waals surface area contributed by atoms with Gasteiger partial charge in [-0.15, -0.1) is 0 Å². The normalized spacial score (nSPS) is 19.7. The van der Waals surface area contributed by atoms with E-state index in [9.17, 15) is 9.18 Å². The molecule has 1 atom stereocenters. The first-order chi connectivity index (χ1) is 9.09. The van der Waals surface area contributed by atoms with Gasteiger partial charge in [0, 0.05) is 26.2 Å². The maximum atomic E-state index is 13.4. The molecule has 1 heterocycles. The number of ether oxygens (including phenoxy) is 1. The van der Waals surface area contributed by atoms with Crippen molar-refractivity contribution in [2.75, 3.05) is 33.3 Å². The summed E-state index contributed by atoms with van der Waals surface area (Å²) in [7, 11) is 1.36. The van der Waals surface area contributed by atoms with Gasteiger partial charge in [-0.25, -0.2) is 9.18 Å². The Morgan fingerprint density at radius 3 is 2.68 bits per heavy atom. The molecule has 0 aromatic heterocycles. The minimum atomic E-state index is -0.945. The third-order valence-corrected chi connectivity index (χ3v) is 3.72. The average Bonchev–Trinajstić information content (AvgIpc) is 2.46. The molecule has 0 amide bonds. The lowest BCUT2D eigenvalue weighted by atomic mass is 9.89. The number of nitrogens with one attached hydrogen (secondary N) is 1. The number of carbonyl (C=O) groups excluding carboxylic acids is 1. The highest BCUT2D eigenvalue weighted by Crippen LogP contribution is 2.30. The van der Waals surface area contributed by atoms with Gasteiger partial charge < -0.3 is 10.1 Å². The van der Waals surface area contributed by atoms with Gasteiger partial charge in [-0.2, -0.15) is 0 Å². The zero-order valence-corrected chi connectivity index (χ0v) is 11.3. The second kappa shape index (κ2) is 5.67. The third kappa shape index (κ3) is 2.62. The second-order valence-electron chi connectivity index (χ2n) is 4.81. The molecule has 4 nitrogen and oxygen atoms in total. The number of halogens is 1. The number of esters is 1. The predicted octanol–water partition coefficient (Wildman–Crippen LogP) is 1.12. The van der Waals surface area contributed by atoms with E-state index in [1.54, 1.807) is 19.1 Å². The Morgan fingerprint density at radius 1 is 1.42 bits per heavy atom. The first-order valence-electron chi connectivity index (χ1n) is 6.39. The second-order valence-corrected chi connectivity index (χ2v) is 4.81. The Morgan fingerprint density at radius 2 is 2.11 bits per heavy atom. The van der Waals surface area contributed by atoms with Crippen molar-refractivity contribution < 1.29 is 13.9 Å². The highest BCUT2D eigenvalue weighted by Gasteiger charge is 2.42. The molecule has 0 aliphatic carbocycles. The molecule has 1 N–H and O–H groups in total. The Labute approximate surface area is 112 Å². The molecule has 5 heteroatoms. The molecule has 104 valence electrons. The molecule has 2 rings (SSSR count). The van der Waals surface area contributed by atoms with Gasteiger partial charge in [-0.3, -0.25) is 4.90 Å². The van der Waals surface area contributed by atoms with Gasteiger partial charge >= 0.3 is 5.97 Å². The summed E-state index contributed by atoms with van der Waals surface area (Å²) < 4.78 is 18.4. The van der Waals surface area contributed by atoms with Gasteiger partial charge in [0.2, 0.25) is 0 Å². The van der Waals surface area contributed by atoms with Crippen molar-refractivity contribution in [3.8, 4) is 0 Å². The number of hydrogen-bond acceptors (Lipinski definition) is 4. The summed E-state index contributed by atoms with van der Waals surface area (Å²) in [6.07, 6.45) is 0. The topological polar surface area (TPSA) is 41.6 Å². The molecule has 1 aromatic rings. The first-order valence-corrected chi connectivity index (χ1v) is 6.39. The van der Waals surface area contributed by atoms with E-state index in [0.717, 1.165) is 26.2 Å². The van der Waals surface area contributed by atoms with E-state index in [4.69, 9.17) is 4.74 Å². The third-order valence-electron chi connectivity index (χ3n) is 3.72. The van der Waals surface area contributed by atoms with Crippen LogP contribution in [0, 0.1) is 5.82 Å². The van der Waals surface area contributed by atoms with Crippen LogP contribution in [0.4, 0.5) is 4.39 Å². The maximum Gasteiger partial charge on any atom is 0.330 e. The summed E-state index contributed by atoms with van der Waals surface area (Å²) in [6.45, 7) is 4.85. The summed E-state index contributed by atoms with van der Waals surface area (Å²) >= 11 is 0. The highest BCUT2D eigenvalue weighted by atomic mass is 19.1. The largest absolute Gasteiger partial charge is 0.467 e. The molecular formula is C14H19FN2O2. The smallest absolute Gasteiger partial charge is 0.330 e. The van der Waals surface area contributed by atoms with Gasteiger partial charge in [0.1, 0.15) is 11.4 Å². The molecule has 0 saturated carbocycles. The van der Waals surface area contributed by atoms with Crippen LogP contribution in [-0.2, 0) is 15.1 Å².